The zero-order valence-corrected chi connectivity index (χ0v) is 15.0. The number of amides is 1. The number of nitrogens with zero attached hydrogens (tertiary/aromatic N) is 2. The molecule has 23 heavy (non-hydrogen) atoms. The van der Waals surface area contributed by atoms with Crippen LogP contribution in [-0.4, -0.2) is 36.5 Å². The van der Waals surface area contributed by atoms with Crippen molar-refractivity contribution in [1.82, 2.24) is 19.6 Å². The molecule has 130 valence electrons. The molecule has 1 aliphatic carbocycles. The summed E-state index contributed by atoms with van der Waals surface area (Å²) in [5, 5.41) is 2.88. The second-order valence-corrected chi connectivity index (χ2v) is 8.22. The fourth-order valence-electron chi connectivity index (χ4n) is 2.93. The molecule has 0 aliphatic heterocycles. The van der Waals surface area contributed by atoms with Gasteiger partial charge < -0.3 is 9.88 Å². The van der Waals surface area contributed by atoms with E-state index in [4.69, 9.17) is 0 Å². The van der Waals surface area contributed by atoms with E-state index in [-0.39, 0.29) is 23.5 Å². The maximum Gasteiger partial charge on any atom is 0.260 e. The predicted octanol–water partition coefficient (Wildman–Crippen LogP) is 0.948. The Hall–Kier alpha value is -1.41. The number of nitrogens with one attached hydrogen (secondary N) is 2. The predicted molar refractivity (Wildman–Crippen MR) is 87.2 cm³/mol. The minimum absolute atomic E-state index is 0.0649. The van der Waals surface area contributed by atoms with Crippen molar-refractivity contribution in [3.63, 3.8) is 0 Å². The minimum Gasteiger partial charge on any atom is -0.352 e. The van der Waals surface area contributed by atoms with Crippen molar-refractivity contribution >= 4 is 15.9 Å². The molecule has 0 bridgehead atoms. The molecule has 0 unspecified atom stereocenters. The number of aromatic nitrogens is 2. The fraction of sp³-hybridized carbons (Fsp3) is 0.733. The zero-order chi connectivity index (χ0) is 17.2. The van der Waals surface area contributed by atoms with Crippen LogP contribution in [0.15, 0.2) is 11.2 Å². The van der Waals surface area contributed by atoms with E-state index < -0.39 is 10.0 Å². The van der Waals surface area contributed by atoms with Gasteiger partial charge in [-0.2, -0.15) is 0 Å². The first-order chi connectivity index (χ1) is 10.7. The van der Waals surface area contributed by atoms with Gasteiger partial charge in [-0.25, -0.2) is 18.1 Å². The van der Waals surface area contributed by atoms with Crippen LogP contribution in [0.3, 0.4) is 0 Å². The molecule has 0 radical (unpaired) electrons. The van der Waals surface area contributed by atoms with Gasteiger partial charge in [0.25, 0.3) is 10.0 Å². The van der Waals surface area contributed by atoms with Crippen molar-refractivity contribution in [2.24, 2.45) is 18.9 Å². The number of sulfonamides is 1. The van der Waals surface area contributed by atoms with Crippen molar-refractivity contribution in [3.05, 3.63) is 12.0 Å². The third-order valence-electron chi connectivity index (χ3n) is 4.84. The second-order valence-electron chi connectivity index (χ2n) is 6.50. The number of aryl methyl sites for hydroxylation is 2. The number of hydrogen-bond donors (Lipinski definition) is 2. The zero-order valence-electron chi connectivity index (χ0n) is 14.2. The van der Waals surface area contributed by atoms with Gasteiger partial charge in [0.05, 0.1) is 6.54 Å². The van der Waals surface area contributed by atoms with Crippen LogP contribution in [-0.2, 0) is 21.9 Å². The smallest absolute Gasteiger partial charge is 0.260 e. The molecule has 1 aromatic rings. The van der Waals surface area contributed by atoms with E-state index in [1.165, 1.54) is 12.6 Å². The highest BCUT2D eigenvalue weighted by atomic mass is 32.2. The molecule has 1 saturated carbocycles. The maximum absolute atomic E-state index is 12.1. The van der Waals surface area contributed by atoms with Gasteiger partial charge in [0.15, 0.2) is 5.03 Å². The normalized spacial score (nSPS) is 25.3. The van der Waals surface area contributed by atoms with E-state index in [0.29, 0.717) is 17.7 Å². The summed E-state index contributed by atoms with van der Waals surface area (Å²) in [6.07, 6.45) is 4.65. The molecule has 0 spiro atoms. The third kappa shape index (κ3) is 4.32. The number of hydrogen-bond acceptors (Lipinski definition) is 4. The van der Waals surface area contributed by atoms with E-state index >= 15 is 0 Å². The van der Waals surface area contributed by atoms with Crippen LogP contribution in [0.25, 0.3) is 0 Å². The van der Waals surface area contributed by atoms with Gasteiger partial charge in [0.1, 0.15) is 5.82 Å². The molecule has 1 aliphatic rings. The molecule has 2 N–H and O–H groups in total. The lowest BCUT2D eigenvalue weighted by molar-refractivity contribution is -0.121. The number of imidazole rings is 1. The lowest BCUT2D eigenvalue weighted by Gasteiger charge is -2.34. The molecule has 1 heterocycles. The first-order valence-corrected chi connectivity index (χ1v) is 9.48. The standard InChI is InChI=1S/C15H26N4O3S/c1-10-6-5-7-13(11(10)2)18-14(20)8-16-23(21,22)15-9-19(4)12(3)17-15/h9-11,13,16H,5-8H2,1-4H3,(H,18,20)/t10-,11+,13+/m0/s1. The molecule has 0 saturated heterocycles. The van der Waals surface area contributed by atoms with Crippen LogP contribution in [0.1, 0.15) is 38.9 Å². The van der Waals surface area contributed by atoms with E-state index in [1.807, 2.05) is 0 Å². The molecule has 0 aromatic carbocycles. The lowest BCUT2D eigenvalue weighted by Crippen LogP contribution is -2.47. The van der Waals surface area contributed by atoms with Gasteiger partial charge in [-0.3, -0.25) is 4.79 Å². The molecule has 8 heteroatoms. The third-order valence-corrected chi connectivity index (χ3v) is 6.11. The monoisotopic (exact) mass is 342 g/mol. The van der Waals surface area contributed by atoms with Gasteiger partial charge in [-0.05, 0) is 25.2 Å². The van der Waals surface area contributed by atoms with Crippen LogP contribution in [0.4, 0.5) is 0 Å². The Morgan fingerprint density at radius 1 is 1.39 bits per heavy atom. The number of rotatable bonds is 5. The van der Waals surface area contributed by atoms with Crippen molar-refractivity contribution in [3.8, 4) is 0 Å². The largest absolute Gasteiger partial charge is 0.352 e. The van der Waals surface area contributed by atoms with E-state index in [1.54, 1.807) is 18.5 Å². The van der Waals surface area contributed by atoms with Crippen molar-refractivity contribution in [1.29, 1.82) is 0 Å². The average molecular weight is 342 g/mol. The first kappa shape index (κ1) is 17.9. The van der Waals surface area contributed by atoms with Crippen molar-refractivity contribution in [2.75, 3.05) is 6.54 Å². The molecular formula is C15H26N4O3S. The Morgan fingerprint density at radius 2 is 2.09 bits per heavy atom. The summed E-state index contributed by atoms with van der Waals surface area (Å²) < 4.78 is 28.2. The van der Waals surface area contributed by atoms with Gasteiger partial charge in [0.2, 0.25) is 5.91 Å². The topological polar surface area (TPSA) is 93.1 Å². The molecule has 1 fully saturated rings. The van der Waals surface area contributed by atoms with Crippen LogP contribution in [0, 0.1) is 18.8 Å². The summed E-state index contributed by atoms with van der Waals surface area (Å²) in [6, 6.07) is 0.118. The highest BCUT2D eigenvalue weighted by Gasteiger charge is 2.28. The summed E-state index contributed by atoms with van der Waals surface area (Å²) in [5.41, 5.74) is 0. The van der Waals surface area contributed by atoms with E-state index in [0.717, 1.165) is 12.8 Å². The Kier molecular flexibility index (Phi) is 5.46. The minimum atomic E-state index is -3.76. The lowest BCUT2D eigenvalue weighted by atomic mass is 9.78. The van der Waals surface area contributed by atoms with Crippen LogP contribution >= 0.6 is 0 Å². The SMILES string of the molecule is Cc1nc(S(=O)(=O)NCC(=O)N[C@@H]2CCC[C@H](C)[C@H]2C)cn1C. The fourth-order valence-corrected chi connectivity index (χ4v) is 3.95. The molecule has 1 amide bonds. The van der Waals surface area contributed by atoms with Crippen molar-refractivity contribution < 1.29 is 13.2 Å². The summed E-state index contributed by atoms with van der Waals surface area (Å²) >= 11 is 0. The van der Waals surface area contributed by atoms with Crippen LogP contribution in [0.2, 0.25) is 0 Å². The molecule has 3 atom stereocenters. The van der Waals surface area contributed by atoms with Gasteiger partial charge in [0, 0.05) is 19.3 Å². The maximum atomic E-state index is 12.1. The Morgan fingerprint density at radius 3 is 2.70 bits per heavy atom. The van der Waals surface area contributed by atoms with Crippen molar-refractivity contribution in [2.45, 2.75) is 51.1 Å². The molecule has 7 nitrogen and oxygen atoms in total. The average Bonchev–Trinajstić information content (AvgIpc) is 2.82. The summed E-state index contributed by atoms with van der Waals surface area (Å²) in [4.78, 5) is 16.0. The Balaban J connectivity index is 1.91. The molecular weight excluding hydrogens is 316 g/mol. The van der Waals surface area contributed by atoms with Gasteiger partial charge >= 0.3 is 0 Å². The highest BCUT2D eigenvalue weighted by molar-refractivity contribution is 7.89. The van der Waals surface area contributed by atoms with E-state index in [2.05, 4.69) is 28.9 Å². The van der Waals surface area contributed by atoms with Crippen LogP contribution < -0.4 is 10.0 Å². The first-order valence-electron chi connectivity index (χ1n) is 7.99. The molecule has 1 aromatic heterocycles. The Bertz CT molecular complexity index is 649. The van der Waals surface area contributed by atoms with E-state index in [9.17, 15) is 13.2 Å². The number of carbonyl (C=O) groups excluding carboxylic acids is 1. The summed E-state index contributed by atoms with van der Waals surface area (Å²) in [5.74, 6) is 1.28. The summed E-state index contributed by atoms with van der Waals surface area (Å²) in [6.45, 7) is 5.78. The molecule has 2 rings (SSSR count). The quantitative estimate of drug-likeness (QED) is 0.833. The van der Waals surface area contributed by atoms with Gasteiger partial charge in [-0.1, -0.05) is 26.7 Å². The summed E-state index contributed by atoms with van der Waals surface area (Å²) in [7, 11) is -2.04. The number of carbonyl (C=O) groups is 1. The van der Waals surface area contributed by atoms with Crippen LogP contribution in [0.5, 0.6) is 0 Å². The Labute approximate surface area is 137 Å². The second kappa shape index (κ2) is 7.00. The van der Waals surface area contributed by atoms with Gasteiger partial charge in [-0.15, -0.1) is 0 Å². The highest BCUT2D eigenvalue weighted by Crippen LogP contribution is 2.29.